The molecule has 0 aliphatic heterocycles. The first kappa shape index (κ1) is 22.0. The van der Waals surface area contributed by atoms with Gasteiger partial charge in [0, 0.05) is 18.7 Å². The number of hydrogen-bond acceptors (Lipinski definition) is 5. The molecule has 3 aromatic rings. The van der Waals surface area contributed by atoms with E-state index in [1.165, 1.54) is 0 Å². The molecule has 2 aromatic carbocycles. The van der Waals surface area contributed by atoms with Gasteiger partial charge in [-0.2, -0.15) is 0 Å². The highest BCUT2D eigenvalue weighted by atomic mass is 16.5. The number of unbranched alkanes of at least 4 members (excludes halogenated alkanes) is 1. The topological polar surface area (TPSA) is 98.1 Å². The van der Waals surface area contributed by atoms with Crippen LogP contribution in [0.25, 0.3) is 5.69 Å². The van der Waals surface area contributed by atoms with Crippen molar-refractivity contribution >= 4 is 11.8 Å². The Kier molecular flexibility index (Phi) is 7.37. The Morgan fingerprint density at radius 1 is 1.00 bits per heavy atom. The van der Waals surface area contributed by atoms with Gasteiger partial charge in [0.15, 0.2) is 5.69 Å². The fourth-order valence-corrected chi connectivity index (χ4v) is 3.03. The van der Waals surface area contributed by atoms with Gasteiger partial charge in [0.2, 0.25) is 0 Å². The summed E-state index contributed by atoms with van der Waals surface area (Å²) in [6.07, 6.45) is 1.99. The van der Waals surface area contributed by atoms with E-state index in [-0.39, 0.29) is 17.5 Å². The van der Waals surface area contributed by atoms with Gasteiger partial charge in [0.25, 0.3) is 11.8 Å². The van der Waals surface area contributed by atoms with Crippen molar-refractivity contribution in [2.75, 3.05) is 13.7 Å². The van der Waals surface area contributed by atoms with Gasteiger partial charge in [-0.05, 0) is 55.3 Å². The fourth-order valence-electron chi connectivity index (χ4n) is 3.03. The average molecular weight is 422 g/mol. The van der Waals surface area contributed by atoms with Crippen molar-refractivity contribution in [2.45, 2.75) is 33.2 Å². The number of nitrogens with one attached hydrogen (secondary N) is 2. The van der Waals surface area contributed by atoms with Crippen LogP contribution in [-0.4, -0.2) is 40.5 Å². The van der Waals surface area contributed by atoms with E-state index in [9.17, 15) is 9.59 Å². The molecule has 162 valence electrons. The third kappa shape index (κ3) is 5.48. The standard InChI is InChI=1S/C23H27N5O3/c1-4-5-14-24-22(29)18-8-6-17(7-9-18)15-25-23(30)21-16(2)28(27-26-21)19-10-12-20(31-3)13-11-19/h6-13H,4-5,14-15H2,1-3H3,(H,24,29)(H,25,30). The summed E-state index contributed by atoms with van der Waals surface area (Å²) in [5.41, 5.74) is 3.19. The zero-order chi connectivity index (χ0) is 22.2. The van der Waals surface area contributed by atoms with Crippen molar-refractivity contribution < 1.29 is 14.3 Å². The monoisotopic (exact) mass is 421 g/mol. The Balaban J connectivity index is 1.59. The van der Waals surface area contributed by atoms with E-state index < -0.39 is 0 Å². The molecule has 2 amide bonds. The van der Waals surface area contributed by atoms with E-state index in [2.05, 4.69) is 27.9 Å². The molecule has 8 heteroatoms. The number of methoxy groups -OCH3 is 1. The van der Waals surface area contributed by atoms with Crippen LogP contribution in [-0.2, 0) is 6.54 Å². The molecule has 0 radical (unpaired) electrons. The highest BCUT2D eigenvalue weighted by Crippen LogP contribution is 2.17. The second-order valence-electron chi connectivity index (χ2n) is 7.12. The maximum absolute atomic E-state index is 12.6. The Bertz CT molecular complexity index is 1030. The van der Waals surface area contributed by atoms with E-state index in [4.69, 9.17) is 4.74 Å². The largest absolute Gasteiger partial charge is 0.497 e. The summed E-state index contributed by atoms with van der Waals surface area (Å²) in [5.74, 6) is 0.345. The van der Waals surface area contributed by atoms with Crippen LogP contribution < -0.4 is 15.4 Å². The molecular weight excluding hydrogens is 394 g/mol. The van der Waals surface area contributed by atoms with Crippen molar-refractivity contribution in [2.24, 2.45) is 0 Å². The van der Waals surface area contributed by atoms with E-state index in [1.54, 1.807) is 30.8 Å². The summed E-state index contributed by atoms with van der Waals surface area (Å²) < 4.78 is 6.77. The number of nitrogens with zero attached hydrogens (tertiary/aromatic N) is 3. The number of benzene rings is 2. The molecule has 0 aliphatic carbocycles. The van der Waals surface area contributed by atoms with Crippen LogP contribution in [0, 0.1) is 6.92 Å². The number of aromatic nitrogens is 3. The number of ether oxygens (including phenoxy) is 1. The third-order valence-corrected chi connectivity index (χ3v) is 4.91. The minimum absolute atomic E-state index is 0.0881. The van der Waals surface area contributed by atoms with Gasteiger partial charge in [0.05, 0.1) is 18.5 Å². The lowest BCUT2D eigenvalue weighted by Crippen LogP contribution is -2.25. The Labute approximate surface area is 181 Å². The smallest absolute Gasteiger partial charge is 0.274 e. The van der Waals surface area contributed by atoms with Crippen LogP contribution in [0.4, 0.5) is 0 Å². The fraction of sp³-hybridized carbons (Fsp3) is 0.304. The van der Waals surface area contributed by atoms with Crippen LogP contribution in [0.1, 0.15) is 51.9 Å². The lowest BCUT2D eigenvalue weighted by molar-refractivity contribution is 0.0939. The van der Waals surface area contributed by atoms with Crippen molar-refractivity contribution in [1.82, 2.24) is 25.6 Å². The first-order chi connectivity index (χ1) is 15.0. The first-order valence-corrected chi connectivity index (χ1v) is 10.3. The van der Waals surface area contributed by atoms with E-state index in [1.807, 2.05) is 36.4 Å². The minimum atomic E-state index is -0.307. The molecule has 0 unspecified atom stereocenters. The van der Waals surface area contributed by atoms with Gasteiger partial charge in [-0.25, -0.2) is 4.68 Å². The Morgan fingerprint density at radius 3 is 2.35 bits per heavy atom. The lowest BCUT2D eigenvalue weighted by atomic mass is 10.1. The predicted molar refractivity (Wildman–Crippen MR) is 118 cm³/mol. The van der Waals surface area contributed by atoms with Gasteiger partial charge < -0.3 is 15.4 Å². The van der Waals surface area contributed by atoms with Crippen molar-refractivity contribution in [3.05, 3.63) is 71.0 Å². The molecule has 2 N–H and O–H groups in total. The second kappa shape index (κ2) is 10.4. The molecule has 0 saturated heterocycles. The number of hydrogen-bond donors (Lipinski definition) is 2. The van der Waals surface area contributed by atoms with Crippen molar-refractivity contribution in [3.63, 3.8) is 0 Å². The quantitative estimate of drug-likeness (QED) is 0.518. The molecule has 0 atom stereocenters. The van der Waals surface area contributed by atoms with Gasteiger partial charge in [-0.3, -0.25) is 9.59 Å². The van der Waals surface area contributed by atoms with Crippen molar-refractivity contribution in [1.29, 1.82) is 0 Å². The third-order valence-electron chi connectivity index (χ3n) is 4.91. The van der Waals surface area contributed by atoms with Gasteiger partial charge in [0.1, 0.15) is 5.75 Å². The highest BCUT2D eigenvalue weighted by molar-refractivity contribution is 5.94. The van der Waals surface area contributed by atoms with Crippen LogP contribution in [0.15, 0.2) is 48.5 Å². The first-order valence-electron chi connectivity index (χ1n) is 10.3. The summed E-state index contributed by atoms with van der Waals surface area (Å²) in [7, 11) is 1.61. The van der Waals surface area contributed by atoms with Gasteiger partial charge >= 0.3 is 0 Å². The molecule has 8 nitrogen and oxygen atoms in total. The molecule has 1 aromatic heterocycles. The summed E-state index contributed by atoms with van der Waals surface area (Å²) in [6.45, 7) is 4.87. The number of carbonyl (C=O) groups excluding carboxylic acids is 2. The number of amides is 2. The van der Waals surface area contributed by atoms with Crippen LogP contribution in [0.2, 0.25) is 0 Å². The Morgan fingerprint density at radius 2 is 1.71 bits per heavy atom. The highest BCUT2D eigenvalue weighted by Gasteiger charge is 2.17. The SMILES string of the molecule is CCCCNC(=O)c1ccc(CNC(=O)c2nnn(-c3ccc(OC)cc3)c2C)cc1. The number of carbonyl (C=O) groups is 2. The molecule has 0 aliphatic rings. The zero-order valence-electron chi connectivity index (χ0n) is 18.0. The zero-order valence-corrected chi connectivity index (χ0v) is 18.0. The molecule has 0 spiro atoms. The van der Waals surface area contributed by atoms with E-state index in [0.29, 0.717) is 24.3 Å². The molecule has 0 saturated carbocycles. The second-order valence-corrected chi connectivity index (χ2v) is 7.12. The summed E-state index contributed by atoms with van der Waals surface area (Å²) in [5, 5.41) is 13.9. The Hall–Kier alpha value is -3.68. The van der Waals surface area contributed by atoms with Crippen LogP contribution in [0.3, 0.4) is 0 Å². The molecule has 3 rings (SSSR count). The summed E-state index contributed by atoms with van der Waals surface area (Å²) >= 11 is 0. The van der Waals surface area contributed by atoms with Gasteiger partial charge in [-0.15, -0.1) is 5.10 Å². The van der Waals surface area contributed by atoms with Gasteiger partial charge in [-0.1, -0.05) is 30.7 Å². The average Bonchev–Trinajstić information content (AvgIpc) is 3.19. The van der Waals surface area contributed by atoms with Crippen LogP contribution >= 0.6 is 0 Å². The molecule has 0 fully saturated rings. The van der Waals surface area contributed by atoms with Crippen LogP contribution in [0.5, 0.6) is 5.75 Å². The van der Waals surface area contributed by atoms with E-state index in [0.717, 1.165) is 29.8 Å². The summed E-state index contributed by atoms with van der Waals surface area (Å²) in [6, 6.07) is 14.5. The molecule has 0 bridgehead atoms. The lowest BCUT2D eigenvalue weighted by Gasteiger charge is -2.07. The normalized spacial score (nSPS) is 10.5. The maximum atomic E-state index is 12.6. The minimum Gasteiger partial charge on any atom is -0.497 e. The molecular formula is C23H27N5O3. The summed E-state index contributed by atoms with van der Waals surface area (Å²) in [4.78, 5) is 24.7. The number of rotatable bonds is 9. The van der Waals surface area contributed by atoms with Crippen molar-refractivity contribution in [3.8, 4) is 11.4 Å². The predicted octanol–water partition coefficient (Wildman–Crippen LogP) is 3.04. The molecule has 1 heterocycles. The van der Waals surface area contributed by atoms with E-state index >= 15 is 0 Å². The molecule has 31 heavy (non-hydrogen) atoms. The maximum Gasteiger partial charge on any atom is 0.274 e.